The summed E-state index contributed by atoms with van der Waals surface area (Å²) in [6.45, 7) is 6.40. The number of hydrogen-bond donors (Lipinski definition) is 7. The summed E-state index contributed by atoms with van der Waals surface area (Å²) < 4.78 is 5.59. The Morgan fingerprint density at radius 3 is 2.61 bits per heavy atom. The molecule has 2 saturated carbocycles. The summed E-state index contributed by atoms with van der Waals surface area (Å²) >= 11 is 0. The molecule has 3 aliphatic heterocycles. The lowest BCUT2D eigenvalue weighted by Crippen LogP contribution is -2.50. The number of carbonyl (C=O) groups is 2. The number of H-pyrrole nitrogens is 1. The molecule has 10 nitrogen and oxygen atoms in total. The van der Waals surface area contributed by atoms with Crippen LogP contribution in [0.25, 0.3) is 10.8 Å². The number of aromatic amines is 1. The number of aryl methyl sites for hydroxylation is 1. The number of aliphatic hydroxyl groups excluding tert-OH is 2. The number of aliphatic hydroxyl groups is 2. The average molecular weight is 1100 g/mol. The molecule has 1 aromatic heterocycles. The number of benzene rings is 4. The maximum atomic E-state index is 15.3. The number of ketones is 2. The summed E-state index contributed by atoms with van der Waals surface area (Å²) in [7, 11) is 5.46. The van der Waals surface area contributed by atoms with E-state index in [0.29, 0.717) is 57.0 Å². The number of Topliss-reactive ketones (excluding diaryl/α,β-unsaturated/α-hetero) is 2. The third-order valence-electron chi connectivity index (χ3n) is 18.9. The number of carbonyl (C=O) groups excluding carboxylic acids is 2. The van der Waals surface area contributed by atoms with Crippen LogP contribution in [0.1, 0.15) is 130 Å². The van der Waals surface area contributed by atoms with E-state index in [0.717, 1.165) is 113 Å². The van der Waals surface area contributed by atoms with Crippen molar-refractivity contribution in [1.29, 1.82) is 0 Å². The Morgan fingerprint density at radius 1 is 0.899 bits per heavy atom. The first-order valence-electron chi connectivity index (χ1n) is 29.3. The minimum Gasteiger partial charge on any atom is -0.504 e. The molecular formula is C67H80N4O6S2. The van der Waals surface area contributed by atoms with Crippen LogP contribution in [-0.4, -0.2) is 82.3 Å². The smallest absolute Gasteiger partial charge is 0.160 e. The molecule has 1 spiro atoms. The Morgan fingerprint density at radius 2 is 1.76 bits per heavy atom. The van der Waals surface area contributed by atoms with Gasteiger partial charge in [0.05, 0.1) is 31.7 Å². The largest absolute Gasteiger partial charge is 0.504 e. The number of β-amino-alcohol motifs (C(OH)–C–C–N with tert-alkyl or cyclic N) is 1. The van der Waals surface area contributed by atoms with E-state index in [4.69, 9.17) is 4.74 Å². The third kappa shape index (κ3) is 12.3. The summed E-state index contributed by atoms with van der Waals surface area (Å²) in [5.74, 6) is 9.81. The van der Waals surface area contributed by atoms with Gasteiger partial charge >= 0.3 is 0 Å². The highest BCUT2D eigenvalue weighted by Gasteiger charge is 2.51. The molecule has 0 saturated heterocycles. The van der Waals surface area contributed by atoms with E-state index in [1.165, 1.54) is 18.2 Å². The van der Waals surface area contributed by atoms with Crippen molar-refractivity contribution < 1.29 is 29.6 Å². The minimum absolute atomic E-state index is 0.0205. The second kappa shape index (κ2) is 24.4. The van der Waals surface area contributed by atoms with Gasteiger partial charge in [0, 0.05) is 77.8 Å². The van der Waals surface area contributed by atoms with Gasteiger partial charge in [0.2, 0.25) is 0 Å². The number of anilines is 1. The number of hydrogen-bond acceptors (Lipinski definition) is 11. The van der Waals surface area contributed by atoms with Crippen molar-refractivity contribution in [1.82, 2.24) is 15.6 Å². The molecule has 11 atom stereocenters. The molecule has 79 heavy (non-hydrogen) atoms. The lowest BCUT2D eigenvalue weighted by atomic mass is 9.59. The number of allylic oxidation sites excluding steroid dienone is 2. The number of aromatic hydroxyl groups is 1. The van der Waals surface area contributed by atoms with Gasteiger partial charge in [-0.3, -0.25) is 9.59 Å². The summed E-state index contributed by atoms with van der Waals surface area (Å²) in [4.78, 5) is 33.4. The predicted octanol–water partition coefficient (Wildman–Crippen LogP) is 12.1. The second-order valence-corrected chi connectivity index (χ2v) is 26.9. The summed E-state index contributed by atoms with van der Waals surface area (Å²) in [5, 5.41) is 50.0. The summed E-state index contributed by atoms with van der Waals surface area (Å²) in [6.07, 6.45) is 14.9. The zero-order chi connectivity index (χ0) is 54.7. The minimum atomic E-state index is -0.682. The molecule has 6 aliphatic rings. The topological polar surface area (TPSA) is 156 Å². The number of nitrogens with one attached hydrogen (secondary N) is 4. The van der Waals surface area contributed by atoms with Crippen LogP contribution in [0, 0.1) is 47.3 Å². The Hall–Kier alpha value is -5.42. The zero-order valence-electron chi connectivity index (χ0n) is 46.3. The normalized spacial score (nSPS) is 30.9. The highest BCUT2D eigenvalue weighted by Crippen LogP contribution is 2.53. The molecule has 7 N–H and O–H groups in total. The first kappa shape index (κ1) is 55.5. The second-order valence-electron chi connectivity index (χ2n) is 24.4. The van der Waals surface area contributed by atoms with Crippen LogP contribution in [0.4, 0.5) is 5.69 Å². The lowest BCUT2D eigenvalue weighted by Gasteiger charge is -2.48. The maximum Gasteiger partial charge on any atom is 0.160 e. The van der Waals surface area contributed by atoms with Crippen LogP contribution in [0.3, 0.4) is 0 Å². The SMILES string of the molecule is CCC[C@@H]1[C@H]2C[C@H](CC3=CCNC(=C3)Nc3ccc4ccc(cc4c3)C[C@H](O)CNC[C@@]3(C)CSSC[C@H]4CCC[C@](C4)(c4cc3c[nH]4)[C@@H]1O)C[C@@H]1C#C[C@@H](c3ccccc3)c3cc(O)c(OC)cc3CCC(=O)CC(=O)[C@@H]1C2. The van der Waals surface area contributed by atoms with Crippen LogP contribution >= 0.6 is 21.6 Å². The van der Waals surface area contributed by atoms with Crippen LogP contribution in [0.2, 0.25) is 0 Å². The van der Waals surface area contributed by atoms with Gasteiger partial charge in [0.1, 0.15) is 17.4 Å². The van der Waals surface area contributed by atoms with Gasteiger partial charge < -0.3 is 41.0 Å². The molecular weight excluding hydrogens is 1020 g/mol. The highest BCUT2D eigenvalue weighted by molar-refractivity contribution is 8.76. The first-order valence-corrected chi connectivity index (χ1v) is 31.8. The van der Waals surface area contributed by atoms with Crippen molar-refractivity contribution in [2.24, 2.45) is 35.5 Å². The average Bonchev–Trinajstić information content (AvgIpc) is 4.16. The standard InChI is InChI=1S/C67H80N4O6S2/c1-4-9-57-51-27-45(26-48-17-20-56(47-11-6-5-7-12-47)58-35-61(75)62(77-3)32-49(58)16-19-54(72)34-60(74)59(48)31-51)24-43-21-23-69-64(29-43)71-53-18-15-46-14-13-42(25-50(46)30-53)28-55(73)38-68-40-66(2)41-79-78-39-44-10-8-22-67(36-44,65(57)76)63-33-52(66)37-70-63/h5-7,11-15,18,21,25,29-30,32-33,35,37,44-45,48,51,55-57,59,65,68-71,73,75-76H,4,8-10,16,19,22-24,26-28,31,34,36,38-41H2,1-3H3/t44-,45+,48-,51-,55-,56-,57+,59+,65+,66-,67-/m0/s1. The number of ether oxygens (including phenoxy) is 1. The fourth-order valence-corrected chi connectivity index (χ4v) is 17.8. The van der Waals surface area contributed by atoms with Crippen LogP contribution in [-0.2, 0) is 33.3 Å². The molecule has 0 amide bonds. The van der Waals surface area contributed by atoms with Gasteiger partial charge in [-0.25, -0.2) is 0 Å². The van der Waals surface area contributed by atoms with Crippen molar-refractivity contribution in [3.8, 4) is 23.3 Å². The van der Waals surface area contributed by atoms with Crippen LogP contribution in [0.15, 0.2) is 115 Å². The van der Waals surface area contributed by atoms with E-state index in [-0.39, 0.29) is 59.2 Å². The Kier molecular flexibility index (Phi) is 17.1. The van der Waals surface area contributed by atoms with Crippen molar-refractivity contribution in [2.75, 3.05) is 43.6 Å². The Balaban J connectivity index is 1.04. The molecule has 12 bridgehead atoms. The molecule has 5 aromatic rings. The van der Waals surface area contributed by atoms with Crippen molar-refractivity contribution in [3.63, 3.8) is 0 Å². The number of dihydropyridines is 1. The summed E-state index contributed by atoms with van der Waals surface area (Å²) in [5.41, 5.74) is 7.53. The van der Waals surface area contributed by atoms with E-state index in [1.54, 1.807) is 6.07 Å². The van der Waals surface area contributed by atoms with Crippen molar-refractivity contribution >= 4 is 49.6 Å². The molecule has 4 heterocycles. The number of fused-ring (bicyclic) bond motifs is 8. The number of methoxy groups -OCH3 is 1. The molecule has 11 rings (SSSR count). The van der Waals surface area contributed by atoms with Gasteiger partial charge in [-0.15, -0.1) is 0 Å². The fraction of sp³-hybridized carbons (Fsp3) is 0.493. The van der Waals surface area contributed by atoms with Crippen LogP contribution < -0.4 is 20.7 Å². The van der Waals surface area contributed by atoms with Gasteiger partial charge in [-0.1, -0.05) is 121 Å². The molecule has 3 aliphatic carbocycles. The van der Waals surface area contributed by atoms with Crippen molar-refractivity contribution in [2.45, 2.75) is 133 Å². The van der Waals surface area contributed by atoms with E-state index >= 15 is 4.79 Å². The fourth-order valence-electron chi connectivity index (χ4n) is 14.7. The number of phenolic OH excluding ortho intramolecular Hbond substituents is 1. The first-order chi connectivity index (χ1) is 38.4. The zero-order valence-corrected chi connectivity index (χ0v) is 48.0. The molecule has 12 heteroatoms. The number of phenols is 1. The van der Waals surface area contributed by atoms with E-state index in [9.17, 15) is 20.1 Å². The van der Waals surface area contributed by atoms with Gasteiger partial charge in [0.15, 0.2) is 11.5 Å². The highest BCUT2D eigenvalue weighted by atomic mass is 33.1. The molecule has 0 radical (unpaired) electrons. The van der Waals surface area contributed by atoms with E-state index < -0.39 is 29.5 Å². The van der Waals surface area contributed by atoms with E-state index in [1.807, 2.05) is 45.9 Å². The molecule has 416 valence electrons. The van der Waals surface area contributed by atoms with E-state index in [2.05, 4.69) is 120 Å². The van der Waals surface area contributed by atoms with Gasteiger partial charge in [-0.2, -0.15) is 0 Å². The summed E-state index contributed by atoms with van der Waals surface area (Å²) in [6, 6.07) is 29.1. The number of rotatable bonds is 4. The third-order valence-corrected chi connectivity index (χ3v) is 21.6. The Bertz CT molecular complexity index is 3140. The Labute approximate surface area is 475 Å². The molecule has 0 unspecified atom stereocenters. The molecule has 4 aromatic carbocycles. The lowest BCUT2D eigenvalue weighted by molar-refractivity contribution is -0.130. The van der Waals surface area contributed by atoms with Crippen LogP contribution in [0.5, 0.6) is 11.5 Å². The van der Waals surface area contributed by atoms with Crippen molar-refractivity contribution in [3.05, 3.63) is 148 Å². The number of aromatic nitrogens is 1. The predicted molar refractivity (Wildman–Crippen MR) is 322 cm³/mol. The monoisotopic (exact) mass is 1100 g/mol. The van der Waals surface area contributed by atoms with Gasteiger partial charge in [-0.05, 0) is 168 Å². The van der Waals surface area contributed by atoms with Gasteiger partial charge in [0.25, 0.3) is 0 Å². The molecule has 2 fully saturated rings. The quantitative estimate of drug-likeness (QED) is 0.0522. The maximum absolute atomic E-state index is 15.3.